The van der Waals surface area contributed by atoms with Crippen molar-refractivity contribution in [2.75, 3.05) is 0 Å². The van der Waals surface area contributed by atoms with Gasteiger partial charge in [0.15, 0.2) is 5.78 Å². The van der Waals surface area contributed by atoms with Gasteiger partial charge in [-0.25, -0.2) is 0 Å². The lowest BCUT2D eigenvalue weighted by Gasteiger charge is -2.01. The van der Waals surface area contributed by atoms with Gasteiger partial charge >= 0.3 is 5.97 Å². The van der Waals surface area contributed by atoms with Crippen LogP contribution in [0.3, 0.4) is 0 Å². The van der Waals surface area contributed by atoms with Crippen LogP contribution < -0.4 is 0 Å². The van der Waals surface area contributed by atoms with Gasteiger partial charge in [0.05, 0.1) is 6.42 Å². The van der Waals surface area contributed by atoms with Gasteiger partial charge in [0.1, 0.15) is 0 Å². The highest BCUT2D eigenvalue weighted by atomic mass is 16.4. The molecule has 0 radical (unpaired) electrons. The number of aliphatic carboxylic acids is 1. The number of rotatable bonds is 4. The van der Waals surface area contributed by atoms with Gasteiger partial charge < -0.3 is 9.67 Å². The van der Waals surface area contributed by atoms with Gasteiger partial charge in [-0.15, -0.1) is 0 Å². The molecule has 0 saturated heterocycles. The maximum absolute atomic E-state index is 12.2. The van der Waals surface area contributed by atoms with Crippen molar-refractivity contribution in [2.45, 2.75) is 26.7 Å². The molecule has 0 aliphatic carbocycles. The van der Waals surface area contributed by atoms with E-state index >= 15 is 0 Å². The van der Waals surface area contributed by atoms with Gasteiger partial charge in [-0.1, -0.05) is 11.6 Å². The summed E-state index contributed by atoms with van der Waals surface area (Å²) in [6, 6.07) is 5.98. The lowest BCUT2D eigenvalue weighted by atomic mass is 10.0. The summed E-state index contributed by atoms with van der Waals surface area (Å²) in [6.45, 7) is 3.87. The van der Waals surface area contributed by atoms with Gasteiger partial charge in [-0.3, -0.25) is 9.59 Å². The molecule has 0 aliphatic heterocycles. The summed E-state index contributed by atoms with van der Waals surface area (Å²) in [5.41, 5.74) is 3.63. The molecule has 0 fully saturated rings. The first-order chi connectivity index (χ1) is 8.91. The van der Waals surface area contributed by atoms with Gasteiger partial charge in [0, 0.05) is 35.6 Å². The van der Waals surface area contributed by atoms with E-state index in [9.17, 15) is 9.59 Å². The Bertz CT molecular complexity index is 668. The highest BCUT2D eigenvalue weighted by molar-refractivity contribution is 6.10. The second-order valence-corrected chi connectivity index (χ2v) is 4.86. The van der Waals surface area contributed by atoms with E-state index in [2.05, 4.69) is 0 Å². The SMILES string of the molecule is Cc1ccc2c(c1)c(C(=O)CCC(=O)O)c(C)n2C. The number of hydrogen-bond donors (Lipinski definition) is 1. The van der Waals surface area contributed by atoms with Crippen LogP contribution in [0.4, 0.5) is 0 Å². The predicted octanol–water partition coefficient (Wildman–Crippen LogP) is 2.84. The zero-order chi connectivity index (χ0) is 14.2. The van der Waals surface area contributed by atoms with Crippen molar-refractivity contribution in [2.24, 2.45) is 7.05 Å². The van der Waals surface area contributed by atoms with E-state index in [1.54, 1.807) is 0 Å². The minimum atomic E-state index is -0.942. The minimum absolute atomic E-state index is 0.0449. The van der Waals surface area contributed by atoms with E-state index < -0.39 is 5.97 Å². The Morgan fingerprint density at radius 1 is 1.21 bits per heavy atom. The van der Waals surface area contributed by atoms with Crippen LogP contribution in [-0.2, 0) is 11.8 Å². The van der Waals surface area contributed by atoms with Crippen LogP contribution in [0.15, 0.2) is 18.2 Å². The number of nitrogens with zero attached hydrogens (tertiary/aromatic N) is 1. The maximum Gasteiger partial charge on any atom is 0.303 e. The van der Waals surface area contributed by atoms with Crippen LogP contribution in [0.1, 0.15) is 34.5 Å². The van der Waals surface area contributed by atoms with Gasteiger partial charge in [-0.05, 0) is 26.0 Å². The molecule has 1 aromatic heterocycles. The number of Topliss-reactive ketones (excluding diaryl/α,β-unsaturated/α-hetero) is 1. The number of carbonyl (C=O) groups is 2. The molecule has 1 heterocycles. The Morgan fingerprint density at radius 2 is 1.89 bits per heavy atom. The molecule has 0 atom stereocenters. The number of carbonyl (C=O) groups excluding carboxylic acids is 1. The summed E-state index contributed by atoms with van der Waals surface area (Å²) >= 11 is 0. The standard InChI is InChI=1S/C15H17NO3/c1-9-4-5-12-11(8-9)15(10(2)16(12)3)13(17)6-7-14(18)19/h4-5,8H,6-7H2,1-3H3,(H,18,19). The first-order valence-corrected chi connectivity index (χ1v) is 6.22. The van der Waals surface area contributed by atoms with Crippen LogP contribution in [0.25, 0.3) is 10.9 Å². The van der Waals surface area contributed by atoms with Crippen LogP contribution in [0.5, 0.6) is 0 Å². The Balaban J connectivity index is 2.53. The van der Waals surface area contributed by atoms with Gasteiger partial charge in [0.25, 0.3) is 0 Å². The molecule has 0 aliphatic rings. The zero-order valence-electron chi connectivity index (χ0n) is 11.4. The van der Waals surface area contributed by atoms with E-state index in [-0.39, 0.29) is 18.6 Å². The van der Waals surface area contributed by atoms with Crippen LogP contribution >= 0.6 is 0 Å². The average Bonchev–Trinajstić information content (AvgIpc) is 2.59. The molecular weight excluding hydrogens is 242 g/mol. The van der Waals surface area contributed by atoms with E-state index in [1.807, 2.05) is 43.7 Å². The van der Waals surface area contributed by atoms with Crippen LogP contribution in [0, 0.1) is 13.8 Å². The highest BCUT2D eigenvalue weighted by Gasteiger charge is 2.18. The van der Waals surface area contributed by atoms with Gasteiger partial charge in [-0.2, -0.15) is 0 Å². The van der Waals surface area contributed by atoms with Gasteiger partial charge in [0.2, 0.25) is 0 Å². The largest absolute Gasteiger partial charge is 0.481 e. The first-order valence-electron chi connectivity index (χ1n) is 6.22. The first kappa shape index (κ1) is 13.3. The molecule has 0 bridgehead atoms. The molecule has 0 spiro atoms. The lowest BCUT2D eigenvalue weighted by molar-refractivity contribution is -0.136. The quantitative estimate of drug-likeness (QED) is 0.859. The number of ketones is 1. The lowest BCUT2D eigenvalue weighted by Crippen LogP contribution is -2.05. The molecule has 1 aromatic carbocycles. The molecule has 1 N–H and O–H groups in total. The van der Waals surface area contributed by atoms with E-state index in [1.165, 1.54) is 0 Å². The topological polar surface area (TPSA) is 59.3 Å². The molecule has 100 valence electrons. The number of benzene rings is 1. The van der Waals surface area contributed by atoms with Crippen molar-refractivity contribution >= 4 is 22.7 Å². The minimum Gasteiger partial charge on any atom is -0.481 e. The Hall–Kier alpha value is -2.10. The highest BCUT2D eigenvalue weighted by Crippen LogP contribution is 2.27. The van der Waals surface area contributed by atoms with Crippen molar-refractivity contribution in [3.05, 3.63) is 35.0 Å². The molecule has 19 heavy (non-hydrogen) atoms. The third-order valence-corrected chi connectivity index (χ3v) is 3.49. The number of aromatic nitrogens is 1. The summed E-state index contributed by atoms with van der Waals surface area (Å²) < 4.78 is 1.97. The molecule has 0 saturated carbocycles. The molecule has 0 unspecified atom stereocenters. The summed E-state index contributed by atoms with van der Waals surface area (Å²) in [7, 11) is 1.92. The number of carboxylic acids is 1. The second kappa shape index (κ2) is 4.88. The molecule has 4 nitrogen and oxygen atoms in total. The fourth-order valence-electron chi connectivity index (χ4n) is 2.38. The number of hydrogen-bond acceptors (Lipinski definition) is 2. The normalized spacial score (nSPS) is 10.9. The van der Waals surface area contributed by atoms with Crippen LogP contribution in [-0.4, -0.2) is 21.4 Å². The Morgan fingerprint density at radius 3 is 2.53 bits per heavy atom. The Labute approximate surface area is 111 Å². The van der Waals surface area contributed by atoms with Crippen molar-refractivity contribution in [3.8, 4) is 0 Å². The summed E-state index contributed by atoms with van der Waals surface area (Å²) in [5.74, 6) is -1.04. The van der Waals surface area contributed by atoms with Crippen molar-refractivity contribution < 1.29 is 14.7 Å². The molecular formula is C15H17NO3. The van der Waals surface area contributed by atoms with Crippen LogP contribution in [0.2, 0.25) is 0 Å². The third-order valence-electron chi connectivity index (χ3n) is 3.49. The van der Waals surface area contributed by atoms with E-state index in [4.69, 9.17) is 5.11 Å². The zero-order valence-corrected chi connectivity index (χ0v) is 11.4. The number of aryl methyl sites for hydroxylation is 2. The van der Waals surface area contributed by atoms with E-state index in [0.29, 0.717) is 5.56 Å². The average molecular weight is 259 g/mol. The predicted molar refractivity (Wildman–Crippen MR) is 73.6 cm³/mol. The van der Waals surface area contributed by atoms with E-state index in [0.717, 1.165) is 22.2 Å². The second-order valence-electron chi connectivity index (χ2n) is 4.86. The number of carboxylic acid groups (broad SMARTS) is 1. The smallest absolute Gasteiger partial charge is 0.303 e. The fraction of sp³-hybridized carbons (Fsp3) is 0.333. The molecule has 0 amide bonds. The maximum atomic E-state index is 12.2. The Kier molecular flexibility index (Phi) is 3.42. The van der Waals surface area contributed by atoms with Crippen molar-refractivity contribution in [3.63, 3.8) is 0 Å². The van der Waals surface area contributed by atoms with Crippen molar-refractivity contribution in [1.82, 2.24) is 4.57 Å². The molecule has 4 heteroatoms. The third kappa shape index (κ3) is 2.38. The molecule has 2 aromatic rings. The summed E-state index contributed by atoms with van der Waals surface area (Å²) in [5, 5.41) is 9.60. The fourth-order valence-corrected chi connectivity index (χ4v) is 2.38. The monoisotopic (exact) mass is 259 g/mol. The number of fused-ring (bicyclic) bond motifs is 1. The summed E-state index contributed by atoms with van der Waals surface area (Å²) in [6.07, 6.45) is -0.0797. The summed E-state index contributed by atoms with van der Waals surface area (Å²) in [4.78, 5) is 22.8. The molecule has 2 rings (SSSR count). The van der Waals surface area contributed by atoms with Crippen molar-refractivity contribution in [1.29, 1.82) is 0 Å².